The molecule has 0 amide bonds. The van der Waals surface area contributed by atoms with Crippen molar-refractivity contribution < 1.29 is 9.47 Å². The highest BCUT2D eigenvalue weighted by Crippen LogP contribution is 2.20. The lowest BCUT2D eigenvalue weighted by Crippen LogP contribution is -2.42. The third-order valence-corrected chi connectivity index (χ3v) is 5.30. The van der Waals surface area contributed by atoms with Gasteiger partial charge in [0.1, 0.15) is 0 Å². The van der Waals surface area contributed by atoms with E-state index < -0.39 is 0 Å². The largest absolute Gasteiger partial charge is 0.376 e. The summed E-state index contributed by atoms with van der Waals surface area (Å²) in [6.45, 7) is 7.93. The predicted octanol–water partition coefficient (Wildman–Crippen LogP) is 2.04. The van der Waals surface area contributed by atoms with Gasteiger partial charge in [-0.1, -0.05) is 0 Å². The molecule has 0 bridgehead atoms. The van der Waals surface area contributed by atoms with Crippen LogP contribution in [0.5, 0.6) is 0 Å². The summed E-state index contributed by atoms with van der Waals surface area (Å²) in [4.78, 5) is 2.66. The lowest BCUT2D eigenvalue weighted by Gasteiger charge is -2.36. The maximum Gasteiger partial charge on any atom is 0.0808 e. The van der Waals surface area contributed by atoms with E-state index in [1.54, 1.807) is 0 Å². The summed E-state index contributed by atoms with van der Waals surface area (Å²) in [6.07, 6.45) is 9.69. The van der Waals surface area contributed by atoms with Gasteiger partial charge in [0.15, 0.2) is 0 Å². The van der Waals surface area contributed by atoms with E-state index >= 15 is 0 Å². The lowest BCUT2D eigenvalue weighted by molar-refractivity contribution is -0.0756. The molecular formula is C17H32N2O2. The van der Waals surface area contributed by atoms with Crippen LogP contribution >= 0.6 is 0 Å². The molecule has 0 aromatic rings. The second-order valence-electron chi connectivity index (χ2n) is 7.02. The van der Waals surface area contributed by atoms with Crippen molar-refractivity contribution in [3.8, 4) is 0 Å². The average molecular weight is 296 g/mol. The molecule has 3 aliphatic rings. The van der Waals surface area contributed by atoms with Crippen LogP contribution in [-0.2, 0) is 9.47 Å². The van der Waals surface area contributed by atoms with Crippen LogP contribution in [0.15, 0.2) is 0 Å². The van der Waals surface area contributed by atoms with E-state index in [4.69, 9.17) is 9.47 Å². The first-order valence-corrected chi connectivity index (χ1v) is 9.06. The first-order chi connectivity index (χ1) is 10.4. The second kappa shape index (κ2) is 8.47. The molecule has 0 aromatic heterocycles. The predicted molar refractivity (Wildman–Crippen MR) is 84.6 cm³/mol. The fraction of sp³-hybridized carbons (Fsp3) is 1.00. The van der Waals surface area contributed by atoms with Crippen molar-refractivity contribution in [2.75, 3.05) is 45.9 Å². The molecular weight excluding hydrogens is 264 g/mol. The molecule has 3 fully saturated rings. The Labute approximate surface area is 129 Å². The van der Waals surface area contributed by atoms with Gasteiger partial charge in [-0.15, -0.1) is 0 Å². The first-order valence-electron chi connectivity index (χ1n) is 9.06. The van der Waals surface area contributed by atoms with Gasteiger partial charge < -0.3 is 19.7 Å². The van der Waals surface area contributed by atoms with Crippen molar-refractivity contribution in [3.63, 3.8) is 0 Å². The van der Waals surface area contributed by atoms with E-state index in [-0.39, 0.29) is 0 Å². The van der Waals surface area contributed by atoms with Gasteiger partial charge in [-0.2, -0.15) is 0 Å². The Bertz CT molecular complexity index is 281. The zero-order chi connectivity index (χ0) is 14.3. The van der Waals surface area contributed by atoms with Gasteiger partial charge in [0.05, 0.1) is 18.8 Å². The monoisotopic (exact) mass is 296 g/mol. The molecule has 3 saturated heterocycles. The average Bonchev–Trinajstić information content (AvgIpc) is 2.56. The smallest absolute Gasteiger partial charge is 0.0808 e. The van der Waals surface area contributed by atoms with E-state index in [0.717, 1.165) is 19.1 Å². The van der Waals surface area contributed by atoms with Crippen LogP contribution in [0.1, 0.15) is 44.9 Å². The number of nitrogens with one attached hydrogen (secondary N) is 1. The van der Waals surface area contributed by atoms with Crippen LogP contribution < -0.4 is 5.32 Å². The normalized spacial score (nSPS) is 30.6. The first kappa shape index (κ1) is 15.7. The minimum absolute atomic E-state index is 0.367. The number of nitrogens with zero attached hydrogens (tertiary/aromatic N) is 1. The topological polar surface area (TPSA) is 33.7 Å². The highest BCUT2D eigenvalue weighted by atomic mass is 16.5. The molecule has 4 nitrogen and oxygen atoms in total. The number of hydrogen-bond donors (Lipinski definition) is 1. The molecule has 0 saturated carbocycles. The Balaban J connectivity index is 1.29. The Kier molecular flexibility index (Phi) is 6.34. The molecule has 0 aliphatic carbocycles. The van der Waals surface area contributed by atoms with Gasteiger partial charge in [-0.05, 0) is 64.0 Å². The quantitative estimate of drug-likeness (QED) is 0.842. The zero-order valence-electron chi connectivity index (χ0n) is 13.4. The summed E-state index contributed by atoms with van der Waals surface area (Å²) in [6, 6.07) is 0. The molecule has 0 spiro atoms. The van der Waals surface area contributed by atoms with Crippen LogP contribution in [0.3, 0.4) is 0 Å². The summed E-state index contributed by atoms with van der Waals surface area (Å²) in [7, 11) is 0. The lowest BCUT2D eigenvalue weighted by atomic mass is 9.96. The van der Waals surface area contributed by atoms with Crippen molar-refractivity contribution in [2.24, 2.45) is 5.92 Å². The van der Waals surface area contributed by atoms with Gasteiger partial charge in [0, 0.05) is 26.2 Å². The van der Waals surface area contributed by atoms with Gasteiger partial charge in [-0.3, -0.25) is 0 Å². The summed E-state index contributed by atoms with van der Waals surface area (Å²) in [5, 5.41) is 3.46. The van der Waals surface area contributed by atoms with Gasteiger partial charge in [-0.25, -0.2) is 0 Å². The van der Waals surface area contributed by atoms with Crippen molar-refractivity contribution in [3.05, 3.63) is 0 Å². The third kappa shape index (κ3) is 5.20. The molecule has 4 heteroatoms. The standard InChI is InChI=1S/C17H32N2O2/c1-2-12-20-17(3-1)14-21-16-6-10-19(11-7-16)13-15-4-8-18-9-5-15/h15-18H,1-14H2. The molecule has 0 radical (unpaired) electrons. The molecule has 1 unspecified atom stereocenters. The van der Waals surface area contributed by atoms with Gasteiger partial charge in [0.2, 0.25) is 0 Å². The highest BCUT2D eigenvalue weighted by molar-refractivity contribution is 4.78. The fourth-order valence-electron chi connectivity index (χ4n) is 3.87. The minimum atomic E-state index is 0.367. The molecule has 0 aromatic carbocycles. The van der Waals surface area contributed by atoms with E-state index in [9.17, 15) is 0 Å². The van der Waals surface area contributed by atoms with Crippen molar-refractivity contribution in [2.45, 2.75) is 57.2 Å². The van der Waals surface area contributed by atoms with E-state index in [1.807, 2.05) is 0 Å². The number of hydrogen-bond acceptors (Lipinski definition) is 4. The SMILES string of the molecule is C1CCC(COC2CCN(CC3CCNCC3)CC2)OC1. The Morgan fingerprint density at radius 1 is 1.00 bits per heavy atom. The summed E-state index contributed by atoms with van der Waals surface area (Å²) >= 11 is 0. The van der Waals surface area contributed by atoms with Crippen LogP contribution in [-0.4, -0.2) is 63.0 Å². The Hall–Kier alpha value is -0.160. The molecule has 3 heterocycles. The number of ether oxygens (including phenoxy) is 2. The van der Waals surface area contributed by atoms with Crippen LogP contribution in [0.2, 0.25) is 0 Å². The number of rotatable bonds is 5. The third-order valence-electron chi connectivity index (χ3n) is 5.30. The number of piperidine rings is 2. The van der Waals surface area contributed by atoms with Crippen molar-refractivity contribution >= 4 is 0 Å². The highest BCUT2D eigenvalue weighted by Gasteiger charge is 2.24. The van der Waals surface area contributed by atoms with E-state index in [2.05, 4.69) is 10.2 Å². The molecule has 21 heavy (non-hydrogen) atoms. The Morgan fingerprint density at radius 3 is 2.52 bits per heavy atom. The number of likely N-dealkylation sites (tertiary alicyclic amines) is 1. The van der Waals surface area contributed by atoms with Crippen molar-refractivity contribution in [1.29, 1.82) is 0 Å². The zero-order valence-corrected chi connectivity index (χ0v) is 13.4. The molecule has 3 aliphatic heterocycles. The minimum Gasteiger partial charge on any atom is -0.376 e. The molecule has 122 valence electrons. The van der Waals surface area contributed by atoms with Gasteiger partial charge in [0.25, 0.3) is 0 Å². The van der Waals surface area contributed by atoms with Gasteiger partial charge >= 0.3 is 0 Å². The summed E-state index contributed by atoms with van der Waals surface area (Å²) in [5.74, 6) is 0.916. The van der Waals surface area contributed by atoms with E-state index in [0.29, 0.717) is 12.2 Å². The maximum absolute atomic E-state index is 6.10. The van der Waals surface area contributed by atoms with Crippen LogP contribution in [0.25, 0.3) is 0 Å². The van der Waals surface area contributed by atoms with Crippen molar-refractivity contribution in [1.82, 2.24) is 10.2 Å². The summed E-state index contributed by atoms with van der Waals surface area (Å²) < 4.78 is 11.8. The molecule has 1 atom stereocenters. The van der Waals surface area contributed by atoms with E-state index in [1.165, 1.54) is 77.7 Å². The molecule has 1 N–H and O–H groups in total. The molecule has 3 rings (SSSR count). The maximum atomic E-state index is 6.10. The second-order valence-corrected chi connectivity index (χ2v) is 7.02. The summed E-state index contributed by atoms with van der Waals surface area (Å²) in [5.41, 5.74) is 0. The van der Waals surface area contributed by atoms with Crippen LogP contribution in [0, 0.1) is 5.92 Å². The fourth-order valence-corrected chi connectivity index (χ4v) is 3.87. The Morgan fingerprint density at radius 2 is 1.81 bits per heavy atom. The van der Waals surface area contributed by atoms with Crippen LogP contribution in [0.4, 0.5) is 0 Å².